The number of primary amides is 1. The molecule has 0 fully saturated rings. The van der Waals surface area contributed by atoms with Crippen LogP contribution in [0, 0.1) is 0 Å². The van der Waals surface area contributed by atoms with Crippen molar-refractivity contribution in [1.29, 1.82) is 0 Å². The van der Waals surface area contributed by atoms with Crippen LogP contribution in [0.25, 0.3) is 0 Å². The van der Waals surface area contributed by atoms with Crippen molar-refractivity contribution in [3.63, 3.8) is 0 Å². The molecule has 2 rings (SSSR count). The minimum atomic E-state index is -0.526. The van der Waals surface area contributed by atoms with Crippen molar-refractivity contribution < 1.29 is 19.1 Å². The molecule has 2 aromatic carbocycles. The van der Waals surface area contributed by atoms with E-state index in [0.29, 0.717) is 22.7 Å². The molecule has 0 aliphatic rings. The first-order valence-electron chi connectivity index (χ1n) is 7.14. The summed E-state index contributed by atoms with van der Waals surface area (Å²) in [7, 11) is 0. The number of amides is 3. The Bertz CT molecular complexity index is 739. The molecule has 3 amide bonds. The van der Waals surface area contributed by atoms with Gasteiger partial charge in [-0.15, -0.1) is 0 Å². The highest BCUT2D eigenvalue weighted by Gasteiger charge is 2.05. The lowest BCUT2D eigenvalue weighted by Crippen LogP contribution is -2.20. The number of nitrogens with two attached hydrogens (primary N) is 1. The molecule has 124 valence electrons. The number of anilines is 2. The van der Waals surface area contributed by atoms with E-state index in [2.05, 4.69) is 10.6 Å². The monoisotopic (exact) mass is 327 g/mol. The van der Waals surface area contributed by atoms with Gasteiger partial charge >= 0.3 is 0 Å². The minimum absolute atomic E-state index is 0.164. The maximum absolute atomic E-state index is 11.8. The number of benzene rings is 2. The second kappa shape index (κ2) is 7.77. The standard InChI is InChI=1S/C17H17N3O4/c1-11(21)19-13-4-6-14(7-5-13)20-16(22)10-24-15-8-2-12(3-9-15)17(18)23/h2-9H,10H2,1H3,(H2,18,23)(H,19,21)(H,20,22). The summed E-state index contributed by atoms with van der Waals surface area (Å²) in [6.45, 7) is 1.24. The molecule has 0 heterocycles. The molecule has 0 aliphatic heterocycles. The van der Waals surface area contributed by atoms with E-state index in [-0.39, 0.29) is 18.4 Å². The summed E-state index contributed by atoms with van der Waals surface area (Å²) in [5.74, 6) is -0.568. The van der Waals surface area contributed by atoms with Gasteiger partial charge in [0.15, 0.2) is 6.61 Å². The highest BCUT2D eigenvalue weighted by Crippen LogP contribution is 2.14. The maximum Gasteiger partial charge on any atom is 0.262 e. The molecule has 0 saturated heterocycles. The SMILES string of the molecule is CC(=O)Nc1ccc(NC(=O)COc2ccc(C(N)=O)cc2)cc1. The van der Waals surface area contributed by atoms with Gasteiger partial charge in [-0.2, -0.15) is 0 Å². The molecule has 2 aromatic rings. The first-order chi connectivity index (χ1) is 11.4. The Labute approximate surface area is 138 Å². The quantitative estimate of drug-likeness (QED) is 0.750. The number of carbonyl (C=O) groups is 3. The molecule has 0 aliphatic carbocycles. The summed E-state index contributed by atoms with van der Waals surface area (Å²) in [5, 5.41) is 5.31. The van der Waals surface area contributed by atoms with Crippen molar-refractivity contribution in [3.8, 4) is 5.75 Å². The van der Waals surface area contributed by atoms with Crippen LogP contribution in [0.3, 0.4) is 0 Å². The van der Waals surface area contributed by atoms with Crippen LogP contribution in [0.1, 0.15) is 17.3 Å². The third kappa shape index (κ3) is 5.13. The van der Waals surface area contributed by atoms with E-state index in [1.165, 1.54) is 19.1 Å². The molecule has 0 unspecified atom stereocenters. The Morgan fingerprint density at radius 2 is 1.46 bits per heavy atom. The van der Waals surface area contributed by atoms with Gasteiger partial charge in [-0.25, -0.2) is 0 Å². The number of nitrogens with one attached hydrogen (secondary N) is 2. The predicted octanol–water partition coefficient (Wildman–Crippen LogP) is 1.76. The van der Waals surface area contributed by atoms with E-state index in [1.54, 1.807) is 36.4 Å². The Morgan fingerprint density at radius 1 is 0.917 bits per heavy atom. The van der Waals surface area contributed by atoms with E-state index < -0.39 is 5.91 Å². The summed E-state index contributed by atoms with van der Waals surface area (Å²) in [6.07, 6.45) is 0. The van der Waals surface area contributed by atoms with Crippen LogP contribution in [0.15, 0.2) is 48.5 Å². The highest BCUT2D eigenvalue weighted by molar-refractivity contribution is 5.93. The predicted molar refractivity (Wildman–Crippen MR) is 89.8 cm³/mol. The van der Waals surface area contributed by atoms with Crippen molar-refractivity contribution in [3.05, 3.63) is 54.1 Å². The zero-order chi connectivity index (χ0) is 17.5. The Kier molecular flexibility index (Phi) is 5.51. The largest absolute Gasteiger partial charge is 0.484 e. The van der Waals surface area contributed by atoms with Crippen LogP contribution in [-0.2, 0) is 9.59 Å². The van der Waals surface area contributed by atoms with Crippen LogP contribution in [-0.4, -0.2) is 24.3 Å². The topological polar surface area (TPSA) is 111 Å². The van der Waals surface area contributed by atoms with Crippen LogP contribution >= 0.6 is 0 Å². The van der Waals surface area contributed by atoms with E-state index in [4.69, 9.17) is 10.5 Å². The number of hydrogen-bond acceptors (Lipinski definition) is 4. The van der Waals surface area contributed by atoms with Gasteiger partial charge in [0.2, 0.25) is 11.8 Å². The molecule has 0 radical (unpaired) electrons. The van der Waals surface area contributed by atoms with Gasteiger partial charge in [0.25, 0.3) is 5.91 Å². The first-order valence-corrected chi connectivity index (χ1v) is 7.14. The van der Waals surface area contributed by atoms with E-state index in [1.807, 2.05) is 0 Å². The van der Waals surface area contributed by atoms with Gasteiger partial charge < -0.3 is 21.1 Å². The number of carbonyl (C=O) groups excluding carboxylic acids is 3. The van der Waals surface area contributed by atoms with E-state index >= 15 is 0 Å². The average molecular weight is 327 g/mol. The number of hydrogen-bond donors (Lipinski definition) is 3. The normalized spacial score (nSPS) is 9.88. The molecule has 0 saturated carbocycles. The minimum Gasteiger partial charge on any atom is -0.484 e. The Morgan fingerprint density at radius 3 is 1.96 bits per heavy atom. The number of rotatable bonds is 6. The second-order valence-electron chi connectivity index (χ2n) is 4.98. The average Bonchev–Trinajstić information content (AvgIpc) is 2.54. The fraction of sp³-hybridized carbons (Fsp3) is 0.118. The number of ether oxygens (including phenoxy) is 1. The van der Waals surface area contributed by atoms with Gasteiger partial charge in [-0.3, -0.25) is 14.4 Å². The summed E-state index contributed by atoms with van der Waals surface area (Å²) < 4.78 is 5.33. The van der Waals surface area contributed by atoms with Crippen LogP contribution < -0.4 is 21.1 Å². The lowest BCUT2D eigenvalue weighted by molar-refractivity contribution is -0.118. The van der Waals surface area contributed by atoms with Crippen molar-refractivity contribution in [2.75, 3.05) is 17.2 Å². The molecule has 7 heteroatoms. The molecule has 0 bridgehead atoms. The summed E-state index contributed by atoms with van der Waals surface area (Å²) in [5.41, 5.74) is 6.74. The summed E-state index contributed by atoms with van der Waals surface area (Å²) in [6, 6.07) is 12.9. The zero-order valence-corrected chi connectivity index (χ0v) is 13.0. The Balaban J connectivity index is 1.84. The molecule has 0 atom stereocenters. The summed E-state index contributed by atoms with van der Waals surface area (Å²) >= 11 is 0. The molecule has 4 N–H and O–H groups in total. The molecule has 7 nitrogen and oxygen atoms in total. The second-order valence-corrected chi connectivity index (χ2v) is 4.98. The van der Waals surface area contributed by atoms with Gasteiger partial charge in [0, 0.05) is 23.9 Å². The zero-order valence-electron chi connectivity index (χ0n) is 13.0. The van der Waals surface area contributed by atoms with Gasteiger partial charge in [-0.1, -0.05) is 0 Å². The molecular formula is C17H17N3O4. The third-order valence-electron chi connectivity index (χ3n) is 3.00. The highest BCUT2D eigenvalue weighted by atomic mass is 16.5. The van der Waals surface area contributed by atoms with Gasteiger partial charge in [-0.05, 0) is 48.5 Å². The summed E-state index contributed by atoms with van der Waals surface area (Å²) in [4.78, 5) is 33.7. The smallest absolute Gasteiger partial charge is 0.262 e. The molecular weight excluding hydrogens is 310 g/mol. The van der Waals surface area contributed by atoms with E-state index in [0.717, 1.165) is 0 Å². The Hall–Kier alpha value is -3.35. The first kappa shape index (κ1) is 17.0. The fourth-order valence-corrected chi connectivity index (χ4v) is 1.90. The van der Waals surface area contributed by atoms with Crippen molar-refractivity contribution in [2.24, 2.45) is 5.73 Å². The van der Waals surface area contributed by atoms with Crippen molar-refractivity contribution in [2.45, 2.75) is 6.92 Å². The van der Waals surface area contributed by atoms with Gasteiger partial charge in [0.1, 0.15) is 5.75 Å². The van der Waals surface area contributed by atoms with Crippen LogP contribution in [0.2, 0.25) is 0 Å². The maximum atomic E-state index is 11.8. The third-order valence-corrected chi connectivity index (χ3v) is 3.00. The van der Waals surface area contributed by atoms with E-state index in [9.17, 15) is 14.4 Å². The molecule has 0 aromatic heterocycles. The van der Waals surface area contributed by atoms with Crippen LogP contribution in [0.5, 0.6) is 5.75 Å². The lowest BCUT2D eigenvalue weighted by Gasteiger charge is -2.08. The van der Waals surface area contributed by atoms with Crippen LogP contribution in [0.4, 0.5) is 11.4 Å². The lowest BCUT2D eigenvalue weighted by atomic mass is 10.2. The van der Waals surface area contributed by atoms with Gasteiger partial charge in [0.05, 0.1) is 0 Å². The fourth-order valence-electron chi connectivity index (χ4n) is 1.90. The molecule has 0 spiro atoms. The van der Waals surface area contributed by atoms with Crippen molar-refractivity contribution >= 4 is 29.1 Å². The van der Waals surface area contributed by atoms with Crippen molar-refractivity contribution in [1.82, 2.24) is 0 Å². The molecule has 24 heavy (non-hydrogen) atoms.